The Kier molecular flexibility index (Phi) is 5.23. The molecule has 6 nitrogen and oxygen atoms in total. The molecule has 1 atom stereocenters. The standard InChI is InChI=1S/C18H19N3O3S/c19-13-4-9-16-12(10-13)2-1-3-17(16)20-18(22)11-25-15-7-5-14(6-8-15)21(23)24/h4-10,17H,1-3,11,19H2,(H,20,22). The summed E-state index contributed by atoms with van der Waals surface area (Å²) in [6.45, 7) is 0. The first kappa shape index (κ1) is 17.3. The zero-order valence-corrected chi connectivity index (χ0v) is 14.4. The van der Waals surface area contributed by atoms with Crippen LogP contribution >= 0.6 is 11.8 Å². The molecule has 0 heterocycles. The van der Waals surface area contributed by atoms with Gasteiger partial charge in [-0.1, -0.05) is 6.07 Å². The van der Waals surface area contributed by atoms with Crippen LogP contribution in [0.1, 0.15) is 30.0 Å². The highest BCUT2D eigenvalue weighted by molar-refractivity contribution is 8.00. The van der Waals surface area contributed by atoms with Gasteiger partial charge in [-0.05, 0) is 54.7 Å². The Morgan fingerprint density at radius 3 is 2.76 bits per heavy atom. The Hall–Kier alpha value is -2.54. The van der Waals surface area contributed by atoms with E-state index in [1.165, 1.54) is 29.5 Å². The fourth-order valence-electron chi connectivity index (χ4n) is 3.03. The summed E-state index contributed by atoms with van der Waals surface area (Å²) in [6.07, 6.45) is 2.94. The number of rotatable bonds is 5. The zero-order valence-electron chi connectivity index (χ0n) is 13.6. The largest absolute Gasteiger partial charge is 0.399 e. The minimum atomic E-state index is -0.436. The van der Waals surface area contributed by atoms with Gasteiger partial charge in [-0.25, -0.2) is 0 Å². The van der Waals surface area contributed by atoms with E-state index in [-0.39, 0.29) is 23.4 Å². The summed E-state index contributed by atoms with van der Waals surface area (Å²) in [4.78, 5) is 23.3. The zero-order chi connectivity index (χ0) is 17.8. The summed E-state index contributed by atoms with van der Waals surface area (Å²) in [5.74, 6) is 0.233. The van der Waals surface area contributed by atoms with Crippen molar-refractivity contribution < 1.29 is 9.72 Å². The molecule has 1 unspecified atom stereocenters. The molecule has 2 aromatic rings. The topological polar surface area (TPSA) is 98.3 Å². The number of nitrogen functional groups attached to an aromatic ring is 1. The Balaban J connectivity index is 1.57. The molecule has 0 saturated carbocycles. The lowest BCUT2D eigenvalue weighted by molar-refractivity contribution is -0.384. The van der Waals surface area contributed by atoms with E-state index < -0.39 is 4.92 Å². The highest BCUT2D eigenvalue weighted by Crippen LogP contribution is 2.31. The van der Waals surface area contributed by atoms with Crippen molar-refractivity contribution in [1.82, 2.24) is 5.32 Å². The Morgan fingerprint density at radius 2 is 2.04 bits per heavy atom. The number of nitrogens with one attached hydrogen (secondary N) is 1. The number of nitrogens with zero attached hydrogens (tertiary/aromatic N) is 1. The number of nitro groups is 1. The maximum absolute atomic E-state index is 12.3. The Labute approximate surface area is 149 Å². The van der Waals surface area contributed by atoms with Gasteiger partial charge < -0.3 is 11.1 Å². The first-order valence-electron chi connectivity index (χ1n) is 8.08. The second-order valence-corrected chi connectivity index (χ2v) is 7.06. The maximum Gasteiger partial charge on any atom is 0.269 e. The molecule has 0 aliphatic heterocycles. The minimum Gasteiger partial charge on any atom is -0.399 e. The number of fused-ring (bicyclic) bond motifs is 1. The summed E-state index contributed by atoms with van der Waals surface area (Å²) >= 11 is 1.37. The monoisotopic (exact) mass is 357 g/mol. The molecule has 3 N–H and O–H groups in total. The molecule has 0 spiro atoms. The summed E-state index contributed by atoms with van der Waals surface area (Å²) in [5.41, 5.74) is 8.99. The van der Waals surface area contributed by atoms with Crippen molar-refractivity contribution in [2.45, 2.75) is 30.2 Å². The molecular weight excluding hydrogens is 338 g/mol. The van der Waals surface area contributed by atoms with Crippen molar-refractivity contribution in [2.24, 2.45) is 0 Å². The van der Waals surface area contributed by atoms with Gasteiger partial charge >= 0.3 is 0 Å². The van der Waals surface area contributed by atoms with E-state index in [0.717, 1.165) is 35.4 Å². The summed E-state index contributed by atoms with van der Waals surface area (Å²) < 4.78 is 0. The molecule has 2 aromatic carbocycles. The van der Waals surface area contributed by atoms with Gasteiger partial charge in [0.05, 0.1) is 16.7 Å². The van der Waals surface area contributed by atoms with Gasteiger partial charge in [-0.15, -0.1) is 11.8 Å². The van der Waals surface area contributed by atoms with E-state index >= 15 is 0 Å². The number of thioether (sulfide) groups is 1. The molecule has 7 heteroatoms. The molecule has 0 saturated heterocycles. The molecule has 0 fully saturated rings. The van der Waals surface area contributed by atoms with Crippen LogP contribution in [0.2, 0.25) is 0 Å². The van der Waals surface area contributed by atoms with E-state index in [0.29, 0.717) is 0 Å². The summed E-state index contributed by atoms with van der Waals surface area (Å²) in [7, 11) is 0. The van der Waals surface area contributed by atoms with Crippen LogP contribution in [0.25, 0.3) is 0 Å². The summed E-state index contributed by atoms with van der Waals surface area (Å²) in [6, 6.07) is 12.1. The van der Waals surface area contributed by atoms with Gasteiger partial charge in [0, 0.05) is 22.7 Å². The van der Waals surface area contributed by atoms with Crippen LogP contribution in [0.15, 0.2) is 47.4 Å². The number of benzene rings is 2. The van der Waals surface area contributed by atoms with Crippen molar-refractivity contribution in [2.75, 3.05) is 11.5 Å². The van der Waals surface area contributed by atoms with Crippen LogP contribution in [0.3, 0.4) is 0 Å². The smallest absolute Gasteiger partial charge is 0.269 e. The lowest BCUT2D eigenvalue weighted by atomic mass is 9.87. The molecule has 130 valence electrons. The van der Waals surface area contributed by atoms with Gasteiger partial charge in [0.2, 0.25) is 5.91 Å². The van der Waals surface area contributed by atoms with Crippen molar-refractivity contribution >= 4 is 29.0 Å². The molecule has 1 aliphatic carbocycles. The number of nitro benzene ring substituents is 1. The second kappa shape index (κ2) is 7.57. The molecule has 1 aliphatic rings. The molecule has 0 radical (unpaired) electrons. The quantitative estimate of drug-likeness (QED) is 0.369. The lowest BCUT2D eigenvalue weighted by Gasteiger charge is -2.26. The Bertz CT molecular complexity index is 793. The van der Waals surface area contributed by atoms with Crippen molar-refractivity contribution in [3.05, 3.63) is 63.7 Å². The lowest BCUT2D eigenvalue weighted by Crippen LogP contribution is -2.32. The van der Waals surface area contributed by atoms with E-state index in [4.69, 9.17) is 5.73 Å². The van der Waals surface area contributed by atoms with E-state index in [1.54, 1.807) is 12.1 Å². The third-order valence-electron chi connectivity index (χ3n) is 4.23. The van der Waals surface area contributed by atoms with E-state index in [2.05, 4.69) is 5.32 Å². The third kappa shape index (κ3) is 4.30. The first-order valence-corrected chi connectivity index (χ1v) is 9.06. The van der Waals surface area contributed by atoms with E-state index in [1.807, 2.05) is 18.2 Å². The predicted octanol–water partition coefficient (Wildman–Crippen LogP) is 3.46. The average Bonchev–Trinajstić information content (AvgIpc) is 2.60. The molecule has 1 amide bonds. The van der Waals surface area contributed by atoms with Gasteiger partial charge in [0.25, 0.3) is 5.69 Å². The number of hydrogen-bond acceptors (Lipinski definition) is 5. The van der Waals surface area contributed by atoms with Crippen molar-refractivity contribution in [1.29, 1.82) is 0 Å². The average molecular weight is 357 g/mol. The van der Waals surface area contributed by atoms with Crippen LogP contribution < -0.4 is 11.1 Å². The number of nitrogens with two attached hydrogens (primary N) is 1. The fraction of sp³-hybridized carbons (Fsp3) is 0.278. The van der Waals surface area contributed by atoms with Gasteiger partial charge in [-0.2, -0.15) is 0 Å². The van der Waals surface area contributed by atoms with Crippen LogP contribution in [0.5, 0.6) is 0 Å². The molecule has 3 rings (SSSR count). The molecule has 0 aromatic heterocycles. The molecule has 25 heavy (non-hydrogen) atoms. The Morgan fingerprint density at radius 1 is 1.28 bits per heavy atom. The fourth-order valence-corrected chi connectivity index (χ4v) is 3.74. The number of anilines is 1. The van der Waals surface area contributed by atoms with Crippen molar-refractivity contribution in [3.63, 3.8) is 0 Å². The highest BCUT2D eigenvalue weighted by atomic mass is 32.2. The number of aryl methyl sites for hydroxylation is 1. The minimum absolute atomic E-state index is 0.0225. The molecule has 0 bridgehead atoms. The number of hydrogen-bond donors (Lipinski definition) is 2. The summed E-state index contributed by atoms with van der Waals surface area (Å²) in [5, 5.41) is 13.7. The third-order valence-corrected chi connectivity index (χ3v) is 5.25. The van der Waals surface area contributed by atoms with Crippen LogP contribution in [-0.2, 0) is 11.2 Å². The predicted molar refractivity (Wildman–Crippen MR) is 98.5 cm³/mol. The number of carbonyl (C=O) groups excluding carboxylic acids is 1. The molecular formula is C18H19N3O3S. The van der Waals surface area contributed by atoms with Gasteiger partial charge in [0.1, 0.15) is 0 Å². The first-order chi connectivity index (χ1) is 12.0. The normalized spacial score (nSPS) is 16.1. The second-order valence-electron chi connectivity index (χ2n) is 6.01. The number of non-ortho nitro benzene ring substituents is 1. The van der Waals surface area contributed by atoms with E-state index in [9.17, 15) is 14.9 Å². The van der Waals surface area contributed by atoms with Crippen LogP contribution in [-0.4, -0.2) is 16.6 Å². The van der Waals surface area contributed by atoms with Gasteiger partial charge in [0.15, 0.2) is 0 Å². The highest BCUT2D eigenvalue weighted by Gasteiger charge is 2.21. The van der Waals surface area contributed by atoms with Gasteiger partial charge in [-0.3, -0.25) is 14.9 Å². The maximum atomic E-state index is 12.3. The van der Waals surface area contributed by atoms with Crippen LogP contribution in [0.4, 0.5) is 11.4 Å². The number of carbonyl (C=O) groups is 1. The van der Waals surface area contributed by atoms with Crippen LogP contribution in [0, 0.1) is 10.1 Å². The SMILES string of the molecule is Nc1ccc2c(c1)CCCC2NC(=O)CSc1ccc([N+](=O)[O-])cc1. The van der Waals surface area contributed by atoms with Crippen molar-refractivity contribution in [3.8, 4) is 0 Å². The number of amides is 1.